The monoisotopic (exact) mass is 431 g/mol. The van der Waals surface area contributed by atoms with Crippen molar-refractivity contribution in [1.29, 1.82) is 0 Å². The van der Waals surface area contributed by atoms with Gasteiger partial charge in [-0.2, -0.15) is 0 Å². The van der Waals surface area contributed by atoms with Crippen LogP contribution in [0.15, 0.2) is 73.1 Å². The number of H-pyrrole nitrogens is 1. The van der Waals surface area contributed by atoms with Crippen LogP contribution in [0.4, 0.5) is 4.79 Å². The van der Waals surface area contributed by atoms with Crippen LogP contribution in [0.3, 0.4) is 0 Å². The third-order valence-corrected chi connectivity index (χ3v) is 5.37. The van der Waals surface area contributed by atoms with Gasteiger partial charge in [-0.05, 0) is 37.4 Å². The standard InChI is InChI=1S/C24H26BN3O4/c1-16(27-23(29)30-15-18-8-6-5-7-9-18)22-26-14-21(28-22)19-10-12-20(13-11-19)25-31-17(2)24(3,4)32-25/h5-14,16H,2,15H2,1,3-4H3,(H,26,28)(H,27,29)/t16-/m0/s1. The van der Waals surface area contributed by atoms with Gasteiger partial charge in [0.05, 0.1) is 23.7 Å². The summed E-state index contributed by atoms with van der Waals surface area (Å²) in [6.45, 7) is 9.84. The summed E-state index contributed by atoms with van der Waals surface area (Å²) in [5.41, 5.74) is 3.14. The second kappa shape index (κ2) is 8.92. The number of rotatable bonds is 6. The molecule has 1 aromatic heterocycles. The lowest BCUT2D eigenvalue weighted by Gasteiger charge is -2.15. The van der Waals surface area contributed by atoms with Gasteiger partial charge in [0.15, 0.2) is 0 Å². The van der Waals surface area contributed by atoms with E-state index in [4.69, 9.17) is 14.0 Å². The van der Waals surface area contributed by atoms with Crippen molar-refractivity contribution in [2.24, 2.45) is 0 Å². The lowest BCUT2D eigenvalue weighted by Crippen LogP contribution is -2.34. The smallest absolute Gasteiger partial charge is 0.534 e. The number of ether oxygens (including phenoxy) is 1. The van der Waals surface area contributed by atoms with E-state index < -0.39 is 18.8 Å². The van der Waals surface area contributed by atoms with E-state index in [1.165, 1.54) is 0 Å². The Bertz CT molecular complexity index is 1100. The van der Waals surface area contributed by atoms with E-state index in [2.05, 4.69) is 21.9 Å². The Kier molecular flexibility index (Phi) is 6.05. The highest BCUT2D eigenvalue weighted by molar-refractivity contribution is 6.62. The normalized spacial score (nSPS) is 15.8. The molecule has 0 saturated carbocycles. The third kappa shape index (κ3) is 4.86. The fourth-order valence-corrected chi connectivity index (χ4v) is 3.30. The second-order valence-electron chi connectivity index (χ2n) is 8.23. The van der Waals surface area contributed by atoms with E-state index in [9.17, 15) is 4.79 Å². The first-order chi connectivity index (χ1) is 15.3. The molecule has 1 aliphatic heterocycles. The van der Waals surface area contributed by atoms with Gasteiger partial charge in [-0.1, -0.05) is 61.2 Å². The maximum Gasteiger partial charge on any atom is 0.563 e. The van der Waals surface area contributed by atoms with Crippen LogP contribution in [0.25, 0.3) is 11.3 Å². The number of carbonyl (C=O) groups excluding carboxylic acids is 1. The highest BCUT2D eigenvalue weighted by Crippen LogP contribution is 2.29. The molecular weight excluding hydrogens is 405 g/mol. The maximum absolute atomic E-state index is 12.1. The highest BCUT2D eigenvalue weighted by atomic mass is 16.7. The van der Waals surface area contributed by atoms with Gasteiger partial charge in [0, 0.05) is 0 Å². The molecule has 1 amide bonds. The van der Waals surface area contributed by atoms with Gasteiger partial charge in [-0.3, -0.25) is 0 Å². The largest absolute Gasteiger partial charge is 0.563 e. The van der Waals surface area contributed by atoms with Crippen molar-refractivity contribution in [1.82, 2.24) is 15.3 Å². The fourth-order valence-electron chi connectivity index (χ4n) is 3.30. The minimum Gasteiger partial charge on any atom is -0.534 e. The molecule has 1 aliphatic rings. The lowest BCUT2D eigenvalue weighted by molar-refractivity contribution is 0.136. The molecule has 1 saturated heterocycles. The van der Waals surface area contributed by atoms with Gasteiger partial charge in [-0.25, -0.2) is 9.78 Å². The summed E-state index contributed by atoms with van der Waals surface area (Å²) in [5.74, 6) is 1.26. The predicted octanol–water partition coefficient (Wildman–Crippen LogP) is 4.10. The quantitative estimate of drug-likeness (QED) is 0.574. The summed E-state index contributed by atoms with van der Waals surface area (Å²) in [6, 6.07) is 17.1. The number of benzene rings is 2. The Hall–Kier alpha value is -3.52. The Labute approximate surface area is 188 Å². The van der Waals surface area contributed by atoms with Crippen LogP contribution in [0.5, 0.6) is 0 Å². The summed E-state index contributed by atoms with van der Waals surface area (Å²) in [6.07, 6.45) is 1.25. The van der Waals surface area contributed by atoms with E-state index in [1.54, 1.807) is 6.20 Å². The summed E-state index contributed by atoms with van der Waals surface area (Å²) in [5, 5.41) is 2.79. The summed E-state index contributed by atoms with van der Waals surface area (Å²) >= 11 is 0. The van der Waals surface area contributed by atoms with Crippen molar-refractivity contribution in [2.45, 2.75) is 39.0 Å². The number of alkyl carbamates (subject to hydrolysis) is 1. The Morgan fingerprint density at radius 1 is 1.22 bits per heavy atom. The van der Waals surface area contributed by atoms with Gasteiger partial charge < -0.3 is 24.3 Å². The molecular formula is C24H26BN3O4. The number of amides is 1. The second-order valence-corrected chi connectivity index (χ2v) is 8.23. The van der Waals surface area contributed by atoms with Gasteiger partial charge in [0.2, 0.25) is 0 Å². The van der Waals surface area contributed by atoms with E-state index in [-0.39, 0.29) is 12.6 Å². The number of nitrogens with one attached hydrogen (secondary N) is 2. The van der Waals surface area contributed by atoms with E-state index in [0.29, 0.717) is 11.6 Å². The molecule has 2 aromatic carbocycles. The molecule has 0 bridgehead atoms. The zero-order valence-corrected chi connectivity index (χ0v) is 18.4. The number of aromatic amines is 1. The number of hydrogen-bond donors (Lipinski definition) is 2. The van der Waals surface area contributed by atoms with Crippen LogP contribution in [0.1, 0.15) is 38.2 Å². The van der Waals surface area contributed by atoms with Gasteiger partial charge in [-0.15, -0.1) is 0 Å². The van der Waals surface area contributed by atoms with E-state index in [0.717, 1.165) is 22.3 Å². The minimum atomic E-state index is -0.507. The first-order valence-corrected chi connectivity index (χ1v) is 10.5. The van der Waals surface area contributed by atoms with Crippen molar-refractivity contribution in [3.63, 3.8) is 0 Å². The molecule has 0 radical (unpaired) electrons. The van der Waals surface area contributed by atoms with Crippen molar-refractivity contribution in [2.75, 3.05) is 0 Å². The number of aromatic nitrogens is 2. The SMILES string of the molecule is C=C1OB(c2ccc(-c3cnc([C@H](C)NC(=O)OCc4ccccc4)[nH]3)cc2)OC1(C)C. The Balaban J connectivity index is 1.35. The first kappa shape index (κ1) is 21.7. The topological polar surface area (TPSA) is 85.5 Å². The van der Waals surface area contributed by atoms with Gasteiger partial charge in [0.25, 0.3) is 0 Å². The lowest BCUT2D eigenvalue weighted by atomic mass is 9.79. The molecule has 1 fully saturated rings. The van der Waals surface area contributed by atoms with Crippen LogP contribution in [0, 0.1) is 0 Å². The number of nitrogens with zero attached hydrogens (tertiary/aromatic N) is 1. The summed E-state index contributed by atoms with van der Waals surface area (Å²) < 4.78 is 16.9. The van der Waals surface area contributed by atoms with E-state index >= 15 is 0 Å². The predicted molar refractivity (Wildman–Crippen MR) is 123 cm³/mol. The first-order valence-electron chi connectivity index (χ1n) is 10.5. The van der Waals surface area contributed by atoms with Crippen molar-refractivity contribution < 1.29 is 18.8 Å². The van der Waals surface area contributed by atoms with Crippen molar-refractivity contribution in [3.8, 4) is 11.3 Å². The van der Waals surface area contributed by atoms with Crippen LogP contribution in [-0.4, -0.2) is 28.8 Å². The molecule has 8 heteroatoms. The fraction of sp³-hybridized carbons (Fsp3) is 0.250. The molecule has 1 atom stereocenters. The van der Waals surface area contributed by atoms with Gasteiger partial charge >= 0.3 is 13.2 Å². The molecule has 32 heavy (non-hydrogen) atoms. The molecule has 7 nitrogen and oxygen atoms in total. The minimum absolute atomic E-state index is 0.216. The van der Waals surface area contributed by atoms with Crippen LogP contribution in [-0.2, 0) is 20.7 Å². The Morgan fingerprint density at radius 3 is 2.59 bits per heavy atom. The molecule has 0 spiro atoms. The van der Waals surface area contributed by atoms with E-state index in [1.807, 2.05) is 75.4 Å². The van der Waals surface area contributed by atoms with Crippen LogP contribution < -0.4 is 10.8 Å². The zero-order chi connectivity index (χ0) is 22.7. The molecule has 2 heterocycles. The van der Waals surface area contributed by atoms with Crippen molar-refractivity contribution in [3.05, 3.63) is 84.5 Å². The summed E-state index contributed by atoms with van der Waals surface area (Å²) in [7, 11) is -0.463. The third-order valence-electron chi connectivity index (χ3n) is 5.37. The van der Waals surface area contributed by atoms with Crippen molar-refractivity contribution >= 4 is 18.7 Å². The molecule has 3 aromatic rings. The number of hydrogen-bond acceptors (Lipinski definition) is 5. The average molecular weight is 431 g/mol. The van der Waals surface area contributed by atoms with Crippen LogP contribution in [0.2, 0.25) is 0 Å². The number of imidazole rings is 1. The maximum atomic E-state index is 12.1. The van der Waals surface area contributed by atoms with Gasteiger partial charge in [0.1, 0.15) is 18.0 Å². The molecule has 0 aliphatic carbocycles. The zero-order valence-electron chi connectivity index (χ0n) is 18.4. The Morgan fingerprint density at radius 2 is 1.94 bits per heavy atom. The molecule has 2 N–H and O–H groups in total. The molecule has 164 valence electrons. The highest BCUT2D eigenvalue weighted by Gasteiger charge is 2.42. The average Bonchev–Trinajstić information content (AvgIpc) is 3.38. The molecule has 4 rings (SSSR count). The number of carbonyl (C=O) groups is 1. The van der Waals surface area contributed by atoms with Crippen LogP contribution >= 0.6 is 0 Å². The molecule has 0 unspecified atom stereocenters. The summed E-state index contributed by atoms with van der Waals surface area (Å²) in [4.78, 5) is 19.8.